The van der Waals surface area contributed by atoms with Crippen LogP contribution in [0, 0.1) is 13.8 Å². The van der Waals surface area contributed by atoms with E-state index in [-0.39, 0.29) is 28.1 Å². The number of hydrogen-bond donors (Lipinski definition) is 0. The fourth-order valence-corrected chi connectivity index (χ4v) is 3.41. The van der Waals surface area contributed by atoms with Gasteiger partial charge < -0.3 is 14.2 Å². The van der Waals surface area contributed by atoms with E-state index in [0.717, 1.165) is 11.1 Å². The lowest BCUT2D eigenvalue weighted by Crippen LogP contribution is -2.09. The molecule has 7 heteroatoms. The molecule has 3 aromatic rings. The number of hydrogen-bond acceptors (Lipinski definition) is 6. The number of halogens is 1. The van der Waals surface area contributed by atoms with Crippen LogP contribution in [0.15, 0.2) is 71.4 Å². The highest BCUT2D eigenvalue weighted by atomic mass is 35.5. The molecule has 3 aromatic carbocycles. The molecular formula is C26H20ClNO5. The summed E-state index contributed by atoms with van der Waals surface area (Å²) in [7, 11) is 1.43. The van der Waals surface area contributed by atoms with Crippen molar-refractivity contribution in [1.82, 2.24) is 0 Å². The van der Waals surface area contributed by atoms with Gasteiger partial charge in [0.2, 0.25) is 5.90 Å². The van der Waals surface area contributed by atoms with Crippen molar-refractivity contribution in [3.63, 3.8) is 0 Å². The summed E-state index contributed by atoms with van der Waals surface area (Å²) in [6, 6.07) is 17.6. The minimum atomic E-state index is -0.574. The number of aliphatic imine (C=N–C) groups is 1. The molecule has 0 radical (unpaired) electrons. The van der Waals surface area contributed by atoms with E-state index in [1.165, 1.54) is 13.2 Å². The summed E-state index contributed by atoms with van der Waals surface area (Å²) >= 11 is 6.39. The molecule has 6 nitrogen and oxygen atoms in total. The second kappa shape index (κ2) is 9.30. The third-order valence-electron chi connectivity index (χ3n) is 4.96. The van der Waals surface area contributed by atoms with Gasteiger partial charge in [-0.05, 0) is 61.9 Å². The number of carbonyl (C=O) groups excluding carboxylic acids is 2. The minimum absolute atomic E-state index is 0.0877. The van der Waals surface area contributed by atoms with Gasteiger partial charge in [-0.3, -0.25) is 0 Å². The Labute approximate surface area is 196 Å². The van der Waals surface area contributed by atoms with Crippen LogP contribution in [0.2, 0.25) is 5.02 Å². The highest BCUT2D eigenvalue weighted by Crippen LogP contribution is 2.38. The fraction of sp³-hybridized carbons (Fsp3) is 0.115. The van der Waals surface area contributed by atoms with Gasteiger partial charge in [-0.1, -0.05) is 47.0 Å². The molecule has 1 aliphatic rings. The van der Waals surface area contributed by atoms with E-state index in [1.54, 1.807) is 24.3 Å². The van der Waals surface area contributed by atoms with E-state index in [2.05, 4.69) is 4.99 Å². The Kier molecular flexibility index (Phi) is 6.29. The summed E-state index contributed by atoms with van der Waals surface area (Å²) in [6.07, 6.45) is 1.53. The fourth-order valence-electron chi connectivity index (χ4n) is 3.15. The van der Waals surface area contributed by atoms with Gasteiger partial charge in [0.05, 0.1) is 17.7 Å². The molecule has 0 unspecified atom stereocenters. The maximum Gasteiger partial charge on any atom is 0.363 e. The number of rotatable bonds is 5. The van der Waals surface area contributed by atoms with Crippen molar-refractivity contribution in [1.29, 1.82) is 0 Å². The van der Waals surface area contributed by atoms with E-state index < -0.39 is 11.9 Å². The summed E-state index contributed by atoms with van der Waals surface area (Å²) < 4.78 is 16.2. The standard InChI is InChI=1S/C26H20ClNO5/c1-15-4-8-18(9-5-15)24-28-21(26(30)33-24)13-17-12-20(27)23(22(14-17)31-3)32-25(29)19-10-6-16(2)7-11-19/h4-14H,1-3H3/b21-13-. The van der Waals surface area contributed by atoms with Crippen LogP contribution in [0.1, 0.15) is 32.6 Å². The van der Waals surface area contributed by atoms with Gasteiger partial charge >= 0.3 is 11.9 Å². The molecule has 0 saturated carbocycles. The smallest absolute Gasteiger partial charge is 0.363 e. The molecule has 0 bridgehead atoms. The molecule has 0 fully saturated rings. The van der Waals surface area contributed by atoms with Crippen molar-refractivity contribution < 1.29 is 23.8 Å². The van der Waals surface area contributed by atoms with Crippen LogP contribution in [-0.4, -0.2) is 24.9 Å². The van der Waals surface area contributed by atoms with E-state index >= 15 is 0 Å². The van der Waals surface area contributed by atoms with Crippen molar-refractivity contribution >= 4 is 35.5 Å². The van der Waals surface area contributed by atoms with E-state index in [0.29, 0.717) is 16.7 Å². The van der Waals surface area contributed by atoms with E-state index in [9.17, 15) is 9.59 Å². The van der Waals surface area contributed by atoms with Gasteiger partial charge in [0, 0.05) is 5.56 Å². The first-order valence-electron chi connectivity index (χ1n) is 10.1. The molecule has 1 heterocycles. The Balaban J connectivity index is 1.61. The predicted molar refractivity (Wildman–Crippen MR) is 126 cm³/mol. The third-order valence-corrected chi connectivity index (χ3v) is 5.24. The molecule has 1 aliphatic heterocycles. The number of cyclic esters (lactones) is 1. The van der Waals surface area contributed by atoms with Crippen molar-refractivity contribution in [3.8, 4) is 11.5 Å². The molecule has 33 heavy (non-hydrogen) atoms. The Morgan fingerprint density at radius 1 is 1.00 bits per heavy atom. The zero-order chi connectivity index (χ0) is 23.5. The maximum absolute atomic E-state index is 12.5. The number of benzene rings is 3. The largest absolute Gasteiger partial charge is 0.493 e. The first-order valence-corrected chi connectivity index (χ1v) is 10.5. The summed E-state index contributed by atoms with van der Waals surface area (Å²) in [5.74, 6) is -0.579. The van der Waals surface area contributed by atoms with Gasteiger partial charge in [0.1, 0.15) is 0 Å². The molecule has 0 aliphatic carbocycles. The zero-order valence-electron chi connectivity index (χ0n) is 18.2. The summed E-state index contributed by atoms with van der Waals surface area (Å²) in [6.45, 7) is 3.90. The normalized spacial score (nSPS) is 14.1. The SMILES string of the molecule is COc1cc(/C=C2\N=C(c3ccc(C)cc3)OC2=O)cc(Cl)c1OC(=O)c1ccc(C)cc1. The Hall–Kier alpha value is -3.90. The van der Waals surface area contributed by atoms with Crippen LogP contribution in [0.25, 0.3) is 6.08 Å². The molecule has 0 spiro atoms. The molecule has 4 rings (SSSR count). The number of aryl methyl sites for hydroxylation is 2. The molecule has 166 valence electrons. The van der Waals surface area contributed by atoms with Gasteiger partial charge in [-0.15, -0.1) is 0 Å². The summed E-state index contributed by atoms with van der Waals surface area (Å²) in [5, 5.41) is 0.149. The molecular weight excluding hydrogens is 442 g/mol. The Morgan fingerprint density at radius 3 is 2.27 bits per heavy atom. The highest BCUT2D eigenvalue weighted by molar-refractivity contribution is 6.32. The number of carbonyl (C=O) groups is 2. The molecule has 0 amide bonds. The minimum Gasteiger partial charge on any atom is -0.493 e. The summed E-state index contributed by atoms with van der Waals surface area (Å²) in [4.78, 5) is 29.1. The van der Waals surface area contributed by atoms with Gasteiger partial charge in [0.25, 0.3) is 0 Å². The first kappa shape index (κ1) is 22.3. The van der Waals surface area contributed by atoms with Crippen molar-refractivity contribution in [2.75, 3.05) is 7.11 Å². The lowest BCUT2D eigenvalue weighted by molar-refractivity contribution is -0.129. The number of esters is 2. The van der Waals surface area contributed by atoms with Crippen LogP contribution < -0.4 is 9.47 Å². The van der Waals surface area contributed by atoms with Crippen LogP contribution in [0.3, 0.4) is 0 Å². The summed E-state index contributed by atoms with van der Waals surface area (Å²) in [5.41, 5.74) is 3.85. The molecule has 0 N–H and O–H groups in total. The average Bonchev–Trinajstić information content (AvgIpc) is 3.16. The molecule has 0 aromatic heterocycles. The number of ether oxygens (including phenoxy) is 3. The number of nitrogens with zero attached hydrogens (tertiary/aromatic N) is 1. The van der Waals surface area contributed by atoms with Crippen LogP contribution >= 0.6 is 11.6 Å². The quantitative estimate of drug-likeness (QED) is 0.284. The Bertz CT molecular complexity index is 1290. The topological polar surface area (TPSA) is 74.2 Å². The van der Waals surface area contributed by atoms with Gasteiger partial charge in [-0.25, -0.2) is 14.6 Å². The van der Waals surface area contributed by atoms with E-state index in [1.807, 2.05) is 50.2 Å². The lowest BCUT2D eigenvalue weighted by atomic mass is 10.1. The van der Waals surface area contributed by atoms with Crippen LogP contribution in [0.4, 0.5) is 0 Å². The lowest BCUT2D eigenvalue weighted by Gasteiger charge is -2.12. The highest BCUT2D eigenvalue weighted by Gasteiger charge is 2.25. The second-order valence-electron chi connectivity index (χ2n) is 7.49. The predicted octanol–water partition coefficient (Wildman–Crippen LogP) is 5.53. The van der Waals surface area contributed by atoms with E-state index in [4.69, 9.17) is 25.8 Å². The monoisotopic (exact) mass is 461 g/mol. The van der Waals surface area contributed by atoms with Gasteiger partial charge in [0.15, 0.2) is 17.2 Å². The second-order valence-corrected chi connectivity index (χ2v) is 7.90. The Morgan fingerprint density at radius 2 is 1.64 bits per heavy atom. The first-order chi connectivity index (χ1) is 15.8. The zero-order valence-corrected chi connectivity index (χ0v) is 19.0. The number of methoxy groups -OCH3 is 1. The molecule has 0 saturated heterocycles. The maximum atomic E-state index is 12.5. The van der Waals surface area contributed by atoms with Crippen LogP contribution in [0.5, 0.6) is 11.5 Å². The van der Waals surface area contributed by atoms with Crippen molar-refractivity contribution in [2.24, 2.45) is 4.99 Å². The molecule has 0 atom stereocenters. The van der Waals surface area contributed by atoms with Crippen molar-refractivity contribution in [2.45, 2.75) is 13.8 Å². The van der Waals surface area contributed by atoms with Crippen LogP contribution in [-0.2, 0) is 9.53 Å². The third kappa shape index (κ3) is 4.96. The van der Waals surface area contributed by atoms with Gasteiger partial charge in [-0.2, -0.15) is 0 Å². The average molecular weight is 462 g/mol. The van der Waals surface area contributed by atoms with Crippen molar-refractivity contribution in [3.05, 3.63) is 99.2 Å².